The number of alkyl halides is 1. The molecule has 0 heterocycles. The minimum atomic E-state index is -1.52. The molecule has 36 heavy (non-hydrogen) atoms. The van der Waals surface area contributed by atoms with Gasteiger partial charge in [0.05, 0.1) is 0 Å². The lowest BCUT2D eigenvalue weighted by Gasteiger charge is -2.45. The van der Waals surface area contributed by atoms with Crippen molar-refractivity contribution in [3.05, 3.63) is 46.9 Å². The first-order valence-electron chi connectivity index (χ1n) is 15.3. The van der Waals surface area contributed by atoms with Crippen molar-refractivity contribution >= 4 is 11.9 Å². The van der Waals surface area contributed by atoms with Crippen LogP contribution in [0.1, 0.15) is 117 Å². The second kappa shape index (κ2) is 13.4. The zero-order valence-electron chi connectivity index (χ0n) is 23.0. The van der Waals surface area contributed by atoms with E-state index in [9.17, 15) is 0 Å². The molecule has 0 saturated heterocycles. The number of hydrogen-bond acceptors (Lipinski definition) is 0. The summed E-state index contributed by atoms with van der Waals surface area (Å²) in [5, 5.41) is 1.34. The largest absolute Gasteiger partial charge is 0.239 e. The maximum absolute atomic E-state index is 15.9. The lowest BCUT2D eigenvalue weighted by atomic mass is 9.60. The molecule has 0 aromatic heterocycles. The van der Waals surface area contributed by atoms with E-state index >= 15 is 8.78 Å². The van der Waals surface area contributed by atoms with E-state index in [1.54, 1.807) is 6.07 Å². The van der Waals surface area contributed by atoms with Crippen LogP contribution in [0.15, 0.2) is 36.4 Å². The Hall–Kier alpha value is -1.44. The number of benzene rings is 1. The van der Waals surface area contributed by atoms with Crippen molar-refractivity contribution in [3.63, 3.8) is 0 Å². The molecule has 0 N–H and O–H groups in total. The molecular formula is C34H50F2. The molecule has 2 heteroatoms. The van der Waals surface area contributed by atoms with Gasteiger partial charge in [-0.1, -0.05) is 126 Å². The molecular weight excluding hydrogens is 446 g/mol. The number of unbranched alkanes of at least 4 members (excludes halogenated alkanes) is 2. The van der Waals surface area contributed by atoms with E-state index in [0.717, 1.165) is 42.2 Å². The highest BCUT2D eigenvalue weighted by molar-refractivity contribution is 5.55. The lowest BCUT2D eigenvalue weighted by Crippen LogP contribution is -2.48. The Morgan fingerprint density at radius 3 is 2.11 bits per heavy atom. The summed E-state index contributed by atoms with van der Waals surface area (Å²) in [5.41, 5.74) is -0.709. The Morgan fingerprint density at radius 2 is 1.47 bits per heavy atom. The maximum Gasteiger partial charge on any atom is 0.161 e. The zero-order chi connectivity index (χ0) is 25.4. The van der Waals surface area contributed by atoms with Crippen LogP contribution in [-0.2, 0) is 0 Å². The van der Waals surface area contributed by atoms with Gasteiger partial charge >= 0.3 is 0 Å². The van der Waals surface area contributed by atoms with Crippen molar-refractivity contribution in [2.24, 2.45) is 29.1 Å². The maximum atomic E-state index is 15.9. The molecule has 2 saturated carbocycles. The molecule has 0 radical (unpaired) electrons. The lowest BCUT2D eigenvalue weighted by molar-refractivity contribution is 0.0754. The van der Waals surface area contributed by atoms with Gasteiger partial charge in [-0.3, -0.25) is 0 Å². The third kappa shape index (κ3) is 6.51. The monoisotopic (exact) mass is 496 g/mol. The quantitative estimate of drug-likeness (QED) is 0.211. The molecule has 0 amide bonds. The van der Waals surface area contributed by atoms with E-state index < -0.39 is 17.4 Å². The highest BCUT2D eigenvalue weighted by atomic mass is 19.2. The van der Waals surface area contributed by atoms with Crippen LogP contribution >= 0.6 is 0 Å². The highest BCUT2D eigenvalue weighted by Gasteiger charge is 2.48. The van der Waals surface area contributed by atoms with Crippen molar-refractivity contribution < 1.29 is 8.78 Å². The van der Waals surface area contributed by atoms with Crippen LogP contribution in [0.3, 0.4) is 0 Å². The van der Waals surface area contributed by atoms with E-state index in [1.807, 2.05) is 31.2 Å². The fourth-order valence-corrected chi connectivity index (χ4v) is 7.76. The molecule has 0 aliphatic heterocycles. The van der Waals surface area contributed by atoms with Crippen molar-refractivity contribution in [1.82, 2.24) is 0 Å². The molecule has 3 aliphatic rings. The highest BCUT2D eigenvalue weighted by Crippen LogP contribution is 2.51. The summed E-state index contributed by atoms with van der Waals surface area (Å²) in [5.74, 6) is 2.38. The Balaban J connectivity index is 1.33. The van der Waals surface area contributed by atoms with Gasteiger partial charge in [0.1, 0.15) is 5.83 Å². The number of fused-ring (bicyclic) bond motifs is 1. The smallest absolute Gasteiger partial charge is 0.161 e. The third-order valence-electron chi connectivity index (χ3n) is 10.1. The van der Waals surface area contributed by atoms with Crippen LogP contribution in [0.5, 0.6) is 0 Å². The van der Waals surface area contributed by atoms with Gasteiger partial charge in [0.25, 0.3) is 0 Å². The van der Waals surface area contributed by atoms with Crippen LogP contribution in [-0.4, -0.2) is 6.17 Å². The fourth-order valence-electron chi connectivity index (χ4n) is 7.76. The van der Waals surface area contributed by atoms with Gasteiger partial charge in [-0.2, -0.15) is 0 Å². The van der Waals surface area contributed by atoms with Gasteiger partial charge in [-0.25, -0.2) is 8.78 Å². The minimum Gasteiger partial charge on any atom is -0.239 e. The number of hydrogen-bond donors (Lipinski definition) is 0. The number of rotatable bonds is 11. The molecule has 200 valence electrons. The average molecular weight is 497 g/mol. The summed E-state index contributed by atoms with van der Waals surface area (Å²) in [7, 11) is 0. The van der Waals surface area contributed by atoms with Gasteiger partial charge in [0, 0.05) is 10.6 Å². The second-order valence-corrected chi connectivity index (χ2v) is 12.3. The summed E-state index contributed by atoms with van der Waals surface area (Å²) in [4.78, 5) is 0. The Bertz CT molecular complexity index is 946. The van der Waals surface area contributed by atoms with Crippen LogP contribution in [0, 0.1) is 29.1 Å². The summed E-state index contributed by atoms with van der Waals surface area (Å²) in [6.07, 6.45) is 24.8. The van der Waals surface area contributed by atoms with Gasteiger partial charge < -0.3 is 0 Å². The zero-order valence-corrected chi connectivity index (χ0v) is 23.0. The van der Waals surface area contributed by atoms with Crippen LogP contribution in [0.4, 0.5) is 8.78 Å². The molecule has 0 bridgehead atoms. The molecule has 0 nitrogen and oxygen atoms in total. The molecule has 1 aromatic rings. The van der Waals surface area contributed by atoms with Crippen molar-refractivity contribution in [2.75, 3.05) is 0 Å². The molecule has 4 rings (SSSR count). The predicted octanol–water partition coefficient (Wildman–Crippen LogP) is 9.21. The first-order valence-corrected chi connectivity index (χ1v) is 15.3. The van der Waals surface area contributed by atoms with E-state index in [1.165, 1.54) is 77.0 Å². The fraction of sp³-hybridized carbons (Fsp3) is 0.706. The van der Waals surface area contributed by atoms with Crippen LogP contribution < -0.4 is 10.4 Å². The molecule has 3 aliphatic carbocycles. The van der Waals surface area contributed by atoms with Gasteiger partial charge in [-0.15, -0.1) is 0 Å². The second-order valence-electron chi connectivity index (χ2n) is 12.3. The molecule has 2 atom stereocenters. The Morgan fingerprint density at radius 1 is 0.861 bits per heavy atom. The van der Waals surface area contributed by atoms with Crippen molar-refractivity contribution in [3.8, 4) is 0 Å². The average Bonchev–Trinajstić information content (AvgIpc) is 2.91. The summed E-state index contributed by atoms with van der Waals surface area (Å²) in [6.45, 7) is 4.31. The Kier molecular flexibility index (Phi) is 10.3. The number of halogens is 2. The molecule has 0 spiro atoms. The SMILES string of the molecule is C/C=C/CCC1(C2CCC(CCC3CCC(CCCCC)CC3)CC2)C=c2ccccc2=C(F)C1F. The van der Waals surface area contributed by atoms with Crippen LogP contribution in [0.25, 0.3) is 11.9 Å². The van der Waals surface area contributed by atoms with E-state index in [-0.39, 0.29) is 5.92 Å². The first-order chi connectivity index (χ1) is 17.6. The number of allylic oxidation sites excluding steroid dienone is 2. The van der Waals surface area contributed by atoms with E-state index in [0.29, 0.717) is 11.6 Å². The molecule has 1 aromatic carbocycles. The van der Waals surface area contributed by atoms with Crippen LogP contribution in [0.2, 0.25) is 0 Å². The van der Waals surface area contributed by atoms with Gasteiger partial charge in [0.15, 0.2) is 6.17 Å². The standard InChI is InChI=1S/C34H50F2/c1-3-5-7-11-26-14-16-27(17-15-26)18-19-28-20-22-30(23-21-28)34(24-10-6-4-2)25-29-12-8-9-13-31(29)32(35)33(34)36/h4,6,8-9,12-13,25-28,30,33H,3,5,7,10-11,14-24H2,1-2H3/b6-4+. The summed E-state index contributed by atoms with van der Waals surface area (Å²) >= 11 is 0. The summed E-state index contributed by atoms with van der Waals surface area (Å²) < 4.78 is 31.3. The van der Waals surface area contributed by atoms with Gasteiger partial charge in [-0.05, 0) is 61.5 Å². The van der Waals surface area contributed by atoms with E-state index in [4.69, 9.17) is 0 Å². The summed E-state index contributed by atoms with van der Waals surface area (Å²) in [6, 6.07) is 7.47. The molecule has 2 unspecified atom stereocenters. The normalized spacial score (nSPS) is 32.9. The van der Waals surface area contributed by atoms with Gasteiger partial charge in [0.2, 0.25) is 0 Å². The predicted molar refractivity (Wildman–Crippen MR) is 150 cm³/mol. The van der Waals surface area contributed by atoms with Crippen molar-refractivity contribution in [1.29, 1.82) is 0 Å². The first kappa shape index (κ1) is 27.6. The van der Waals surface area contributed by atoms with E-state index in [2.05, 4.69) is 19.1 Å². The Labute approximate surface area is 219 Å². The topological polar surface area (TPSA) is 0 Å². The molecule has 2 fully saturated rings. The van der Waals surface area contributed by atoms with Crippen molar-refractivity contribution in [2.45, 2.75) is 123 Å². The third-order valence-corrected chi connectivity index (χ3v) is 10.1. The minimum absolute atomic E-state index is 0.228.